The molecule has 1 atom stereocenters. The number of alkyl halides is 3. The number of ether oxygens (including phenoxy) is 1. The van der Waals surface area contributed by atoms with E-state index in [1.165, 1.54) is 7.11 Å². The highest BCUT2D eigenvalue weighted by Gasteiger charge is 2.36. The van der Waals surface area contributed by atoms with Crippen LogP contribution in [0, 0.1) is 17.3 Å². The van der Waals surface area contributed by atoms with Gasteiger partial charge in [0.2, 0.25) is 0 Å². The van der Waals surface area contributed by atoms with Crippen LogP contribution in [0.5, 0.6) is 5.75 Å². The molecule has 1 aliphatic rings. The van der Waals surface area contributed by atoms with E-state index in [-0.39, 0.29) is 29.2 Å². The summed E-state index contributed by atoms with van der Waals surface area (Å²) < 4.78 is 46.1. The minimum atomic E-state index is -4.29. The molecule has 1 amide bonds. The molecule has 0 bridgehead atoms. The van der Waals surface area contributed by atoms with Crippen molar-refractivity contribution in [1.82, 2.24) is 15.1 Å². The molecule has 10 heteroatoms. The average Bonchev–Trinajstić information content (AvgIpc) is 3.19. The predicted molar refractivity (Wildman–Crippen MR) is 133 cm³/mol. The number of amides is 1. The largest absolute Gasteiger partial charge is 0.496 e. The van der Waals surface area contributed by atoms with Crippen LogP contribution in [-0.2, 0) is 13.0 Å². The van der Waals surface area contributed by atoms with Gasteiger partial charge in [0, 0.05) is 24.1 Å². The van der Waals surface area contributed by atoms with Crippen molar-refractivity contribution in [3.8, 4) is 17.0 Å². The molecule has 1 aromatic heterocycles. The fraction of sp³-hybridized carbons (Fsp3) is 0.615. The van der Waals surface area contributed by atoms with Crippen LogP contribution in [0.25, 0.3) is 11.3 Å². The lowest BCUT2D eigenvalue weighted by atomic mass is 9.71. The zero-order chi connectivity index (χ0) is 26.7. The molecule has 200 valence electrons. The molecule has 0 saturated heterocycles. The van der Waals surface area contributed by atoms with Crippen molar-refractivity contribution >= 4 is 17.5 Å². The van der Waals surface area contributed by atoms with Gasteiger partial charge in [-0.3, -0.25) is 9.48 Å². The van der Waals surface area contributed by atoms with Crippen LogP contribution in [0.2, 0.25) is 5.02 Å². The molecule has 0 spiro atoms. The van der Waals surface area contributed by atoms with E-state index >= 15 is 0 Å². The van der Waals surface area contributed by atoms with E-state index in [9.17, 15) is 23.1 Å². The van der Waals surface area contributed by atoms with E-state index in [4.69, 9.17) is 16.3 Å². The number of nitrogens with zero attached hydrogens (tertiary/aromatic N) is 2. The number of halogens is 4. The van der Waals surface area contributed by atoms with Crippen molar-refractivity contribution in [2.24, 2.45) is 17.3 Å². The lowest BCUT2D eigenvalue weighted by Crippen LogP contribution is -2.42. The van der Waals surface area contributed by atoms with Gasteiger partial charge in [0.05, 0.1) is 30.4 Å². The molecular weight excluding hydrogens is 495 g/mol. The first-order valence-electron chi connectivity index (χ1n) is 12.3. The molecule has 1 saturated carbocycles. The van der Waals surface area contributed by atoms with Gasteiger partial charge in [-0.15, -0.1) is 0 Å². The molecule has 36 heavy (non-hydrogen) atoms. The standard InChI is InChI=1S/C26H35ClF3N3O3/c1-5-33-23(19-7-6-18(13-20(19)36-4)12-17(3)26(28,29)30)21(27)22(32-33)24(35)31-14-25(15-34)10-8-16(2)9-11-25/h6-7,13,16-17,34H,5,8-12,14-15H2,1-4H3,(H,31,35). The van der Waals surface area contributed by atoms with Gasteiger partial charge < -0.3 is 15.2 Å². The summed E-state index contributed by atoms with van der Waals surface area (Å²) in [7, 11) is 1.43. The van der Waals surface area contributed by atoms with Crippen molar-refractivity contribution in [3.05, 3.63) is 34.5 Å². The molecule has 1 fully saturated rings. The Morgan fingerprint density at radius 2 is 2.03 bits per heavy atom. The predicted octanol–water partition coefficient (Wildman–Crippen LogP) is 5.89. The Bertz CT molecular complexity index is 1060. The normalized spacial score (nSPS) is 21.3. The molecule has 1 aliphatic carbocycles. The highest BCUT2D eigenvalue weighted by molar-refractivity contribution is 6.36. The summed E-state index contributed by atoms with van der Waals surface area (Å²) in [6.45, 7) is 5.93. The minimum Gasteiger partial charge on any atom is -0.496 e. The van der Waals surface area contributed by atoms with Gasteiger partial charge in [-0.25, -0.2) is 0 Å². The second kappa shape index (κ2) is 11.4. The van der Waals surface area contributed by atoms with E-state index in [0.717, 1.165) is 32.6 Å². The summed E-state index contributed by atoms with van der Waals surface area (Å²) in [4.78, 5) is 13.1. The first-order valence-corrected chi connectivity index (χ1v) is 12.7. The van der Waals surface area contributed by atoms with E-state index < -0.39 is 18.0 Å². The summed E-state index contributed by atoms with van der Waals surface area (Å²) in [5.74, 6) is -0.978. The molecule has 1 aromatic carbocycles. The molecule has 1 unspecified atom stereocenters. The molecule has 1 heterocycles. The first-order chi connectivity index (χ1) is 16.9. The number of aliphatic hydroxyl groups excluding tert-OH is 1. The summed E-state index contributed by atoms with van der Waals surface area (Å²) in [5.41, 5.74) is 1.18. The number of carbonyl (C=O) groups excluding carboxylic acids is 1. The van der Waals surface area contributed by atoms with Crippen LogP contribution in [-0.4, -0.2) is 47.2 Å². The van der Waals surface area contributed by atoms with Crippen molar-refractivity contribution in [2.45, 2.75) is 65.6 Å². The van der Waals surface area contributed by atoms with E-state index in [1.807, 2.05) is 6.92 Å². The fourth-order valence-corrected chi connectivity index (χ4v) is 5.04. The van der Waals surface area contributed by atoms with Gasteiger partial charge in [0.1, 0.15) is 5.75 Å². The Morgan fingerprint density at radius 3 is 2.58 bits per heavy atom. The van der Waals surface area contributed by atoms with Crippen LogP contribution < -0.4 is 10.1 Å². The van der Waals surface area contributed by atoms with Crippen LogP contribution in [0.4, 0.5) is 13.2 Å². The molecule has 6 nitrogen and oxygen atoms in total. The van der Waals surface area contributed by atoms with Gasteiger partial charge in [0.25, 0.3) is 5.91 Å². The minimum absolute atomic E-state index is 0.00111. The number of aliphatic hydroxyl groups is 1. The number of rotatable bonds is 9. The Labute approximate surface area is 215 Å². The molecule has 2 N–H and O–H groups in total. The number of benzene rings is 1. The molecule has 0 aliphatic heterocycles. The summed E-state index contributed by atoms with van der Waals surface area (Å²) >= 11 is 6.66. The van der Waals surface area contributed by atoms with Gasteiger partial charge in [-0.05, 0) is 49.8 Å². The monoisotopic (exact) mass is 529 g/mol. The van der Waals surface area contributed by atoms with Gasteiger partial charge in [-0.2, -0.15) is 18.3 Å². The fourth-order valence-electron chi connectivity index (χ4n) is 4.72. The zero-order valence-electron chi connectivity index (χ0n) is 21.2. The maximum Gasteiger partial charge on any atom is 0.391 e. The number of methoxy groups -OCH3 is 1. The SMILES string of the molecule is CCn1nc(C(=O)NCC2(CO)CCC(C)CC2)c(Cl)c1-c1ccc(CC(C)C(F)(F)F)cc1OC. The van der Waals surface area contributed by atoms with Gasteiger partial charge >= 0.3 is 6.18 Å². The van der Waals surface area contributed by atoms with Crippen molar-refractivity contribution in [2.75, 3.05) is 20.3 Å². The van der Waals surface area contributed by atoms with Crippen LogP contribution in [0.15, 0.2) is 18.2 Å². The lowest BCUT2D eigenvalue weighted by Gasteiger charge is -2.38. The lowest BCUT2D eigenvalue weighted by molar-refractivity contribution is -0.169. The highest BCUT2D eigenvalue weighted by Crippen LogP contribution is 2.40. The van der Waals surface area contributed by atoms with E-state index in [2.05, 4.69) is 17.3 Å². The van der Waals surface area contributed by atoms with Gasteiger partial charge in [0.15, 0.2) is 5.69 Å². The maximum atomic E-state index is 13.1. The third-order valence-corrected chi connectivity index (χ3v) is 7.68. The van der Waals surface area contributed by atoms with Crippen molar-refractivity contribution in [1.29, 1.82) is 0 Å². The number of hydrogen-bond acceptors (Lipinski definition) is 4. The number of hydrogen-bond donors (Lipinski definition) is 2. The van der Waals surface area contributed by atoms with Crippen LogP contribution in [0.1, 0.15) is 62.5 Å². The summed E-state index contributed by atoms with van der Waals surface area (Å²) in [5, 5.41) is 17.5. The average molecular weight is 530 g/mol. The van der Waals surface area contributed by atoms with Crippen LogP contribution in [0.3, 0.4) is 0 Å². The number of aryl methyl sites for hydroxylation is 1. The zero-order valence-corrected chi connectivity index (χ0v) is 22.0. The number of nitrogens with one attached hydrogen (secondary N) is 1. The second-order valence-corrected chi connectivity index (χ2v) is 10.4. The third kappa shape index (κ3) is 6.17. The Hall–Kier alpha value is -2.26. The van der Waals surface area contributed by atoms with E-state index in [0.29, 0.717) is 41.6 Å². The van der Waals surface area contributed by atoms with Crippen molar-refractivity contribution < 1.29 is 27.8 Å². The Balaban J connectivity index is 1.86. The van der Waals surface area contributed by atoms with E-state index in [1.54, 1.807) is 22.9 Å². The summed E-state index contributed by atoms with van der Waals surface area (Å²) in [6.07, 6.45) is -0.789. The first kappa shape index (κ1) is 28.3. The quantitative estimate of drug-likeness (QED) is 0.424. The Kier molecular flexibility index (Phi) is 8.98. The third-order valence-electron chi connectivity index (χ3n) is 7.33. The second-order valence-electron chi connectivity index (χ2n) is 10.0. The molecular formula is C26H35ClF3N3O3. The Morgan fingerprint density at radius 1 is 1.36 bits per heavy atom. The van der Waals surface area contributed by atoms with Crippen LogP contribution >= 0.6 is 11.6 Å². The topological polar surface area (TPSA) is 76.4 Å². The number of carbonyl (C=O) groups is 1. The van der Waals surface area contributed by atoms with Crippen molar-refractivity contribution in [3.63, 3.8) is 0 Å². The molecule has 2 aromatic rings. The molecule has 3 rings (SSSR count). The highest BCUT2D eigenvalue weighted by atomic mass is 35.5. The summed E-state index contributed by atoms with van der Waals surface area (Å²) in [6, 6.07) is 4.83. The number of aromatic nitrogens is 2. The molecule has 0 radical (unpaired) electrons. The van der Waals surface area contributed by atoms with Gasteiger partial charge in [-0.1, -0.05) is 44.4 Å². The smallest absolute Gasteiger partial charge is 0.391 e. The maximum absolute atomic E-state index is 13.1.